The number of benzene rings is 1. The van der Waals surface area contributed by atoms with Crippen LogP contribution >= 0.6 is 24.0 Å². The molecule has 7 nitrogen and oxygen atoms in total. The fourth-order valence-corrected chi connectivity index (χ4v) is 2.98. The zero-order chi connectivity index (χ0) is 20.6. The van der Waals surface area contributed by atoms with E-state index in [1.165, 1.54) is 0 Å². The van der Waals surface area contributed by atoms with Gasteiger partial charge in [-0.05, 0) is 31.5 Å². The second-order valence-corrected chi connectivity index (χ2v) is 8.03. The summed E-state index contributed by atoms with van der Waals surface area (Å²) in [5, 5.41) is 9.68. The molecule has 2 rings (SSSR count). The highest BCUT2D eigenvalue weighted by Gasteiger charge is 2.28. The Morgan fingerprint density at radius 2 is 1.79 bits per heavy atom. The maximum Gasteiger partial charge on any atom is 0.226 e. The summed E-state index contributed by atoms with van der Waals surface area (Å²) in [4.78, 5) is 18.5. The monoisotopic (exact) mass is 517 g/mol. The van der Waals surface area contributed by atoms with Crippen molar-refractivity contribution in [3.8, 4) is 0 Å². The molecule has 164 valence electrons. The van der Waals surface area contributed by atoms with Crippen molar-refractivity contribution < 1.29 is 9.53 Å². The number of anilines is 1. The zero-order valence-corrected chi connectivity index (χ0v) is 20.6. The van der Waals surface area contributed by atoms with Crippen molar-refractivity contribution in [2.45, 2.75) is 39.8 Å². The van der Waals surface area contributed by atoms with Crippen LogP contribution in [0.15, 0.2) is 29.3 Å². The number of halogens is 1. The van der Waals surface area contributed by atoms with Crippen LogP contribution in [-0.4, -0.2) is 62.2 Å². The molecule has 0 atom stereocenters. The van der Waals surface area contributed by atoms with Gasteiger partial charge in [0.2, 0.25) is 5.91 Å². The van der Waals surface area contributed by atoms with Crippen molar-refractivity contribution in [3.63, 3.8) is 0 Å². The van der Waals surface area contributed by atoms with E-state index in [0.29, 0.717) is 6.54 Å². The van der Waals surface area contributed by atoms with Crippen molar-refractivity contribution >= 4 is 41.5 Å². The quantitative estimate of drug-likeness (QED) is 0.295. The topological polar surface area (TPSA) is 78.0 Å². The molecule has 1 aromatic carbocycles. The van der Waals surface area contributed by atoms with Crippen LogP contribution in [0, 0.1) is 5.92 Å². The van der Waals surface area contributed by atoms with Crippen molar-refractivity contribution in [2.24, 2.45) is 10.9 Å². The number of nitrogens with one attached hydrogen (secondary N) is 3. The number of guanidine groups is 1. The number of hydrogen-bond donors (Lipinski definition) is 3. The number of amides is 1. The molecule has 0 bridgehead atoms. The Balaban J connectivity index is 0.00000420. The van der Waals surface area contributed by atoms with Gasteiger partial charge >= 0.3 is 0 Å². The Morgan fingerprint density at radius 3 is 2.34 bits per heavy atom. The van der Waals surface area contributed by atoms with E-state index in [9.17, 15) is 4.79 Å². The molecule has 1 saturated heterocycles. The van der Waals surface area contributed by atoms with Crippen molar-refractivity contribution in [1.82, 2.24) is 15.5 Å². The minimum absolute atomic E-state index is 0. The maximum absolute atomic E-state index is 11.8. The highest BCUT2D eigenvalue weighted by molar-refractivity contribution is 14.0. The standard InChI is InChI=1S/C21H35N5O2.HI/c1-16(2)19(27)25-18-8-6-17(7-9-18)14-23-20(22-5)24-15-21(3,4)26-10-12-28-13-11-26;/h6-9,16H,10-15H2,1-5H3,(H,25,27)(H2,22,23,24);1H. The number of hydrogen-bond acceptors (Lipinski definition) is 4. The normalized spacial score (nSPS) is 15.6. The predicted molar refractivity (Wildman–Crippen MR) is 130 cm³/mol. The van der Waals surface area contributed by atoms with Gasteiger partial charge in [0.25, 0.3) is 0 Å². The lowest BCUT2D eigenvalue weighted by atomic mass is 10.0. The molecule has 0 spiro atoms. The fraction of sp³-hybridized carbons (Fsp3) is 0.619. The average molecular weight is 517 g/mol. The molecule has 8 heteroatoms. The first-order chi connectivity index (χ1) is 13.3. The van der Waals surface area contributed by atoms with Crippen LogP contribution in [0.1, 0.15) is 33.3 Å². The molecule has 1 aromatic rings. The predicted octanol–water partition coefficient (Wildman–Crippen LogP) is 2.67. The smallest absolute Gasteiger partial charge is 0.226 e. The van der Waals surface area contributed by atoms with Crippen molar-refractivity contribution in [1.29, 1.82) is 0 Å². The first-order valence-corrected chi connectivity index (χ1v) is 9.99. The molecule has 1 heterocycles. The van der Waals surface area contributed by atoms with Crippen LogP contribution in [0.2, 0.25) is 0 Å². The number of ether oxygens (including phenoxy) is 1. The average Bonchev–Trinajstić information content (AvgIpc) is 2.69. The number of aliphatic imine (C=N–C) groups is 1. The Hall–Kier alpha value is -1.39. The van der Waals surface area contributed by atoms with E-state index in [1.54, 1.807) is 7.05 Å². The van der Waals surface area contributed by atoms with E-state index >= 15 is 0 Å². The molecule has 1 fully saturated rings. The molecule has 0 unspecified atom stereocenters. The summed E-state index contributed by atoms with van der Waals surface area (Å²) in [5.74, 6) is 0.773. The zero-order valence-electron chi connectivity index (χ0n) is 18.2. The first kappa shape index (κ1) is 25.6. The highest BCUT2D eigenvalue weighted by Crippen LogP contribution is 2.15. The van der Waals surface area contributed by atoms with Gasteiger partial charge in [-0.2, -0.15) is 0 Å². The summed E-state index contributed by atoms with van der Waals surface area (Å²) >= 11 is 0. The van der Waals surface area contributed by atoms with Gasteiger partial charge in [-0.3, -0.25) is 14.7 Å². The summed E-state index contributed by atoms with van der Waals surface area (Å²) in [5.41, 5.74) is 1.97. The second kappa shape index (κ2) is 12.3. The van der Waals surface area contributed by atoms with Crippen LogP contribution in [0.25, 0.3) is 0 Å². The SMILES string of the molecule is CN=C(NCc1ccc(NC(=O)C(C)C)cc1)NCC(C)(C)N1CCOCC1.I. The number of carbonyl (C=O) groups excluding carboxylic acids is 1. The third-order valence-corrected chi connectivity index (χ3v) is 4.99. The molecule has 0 aromatic heterocycles. The van der Waals surface area contributed by atoms with E-state index < -0.39 is 0 Å². The lowest BCUT2D eigenvalue weighted by molar-refractivity contribution is -0.118. The van der Waals surface area contributed by atoms with Crippen LogP contribution in [-0.2, 0) is 16.1 Å². The van der Waals surface area contributed by atoms with Gasteiger partial charge in [0.1, 0.15) is 0 Å². The third kappa shape index (κ3) is 8.47. The molecule has 0 saturated carbocycles. The van der Waals surface area contributed by atoms with Crippen molar-refractivity contribution in [3.05, 3.63) is 29.8 Å². The van der Waals surface area contributed by atoms with Gasteiger partial charge in [-0.25, -0.2) is 0 Å². The molecule has 0 aliphatic carbocycles. The fourth-order valence-electron chi connectivity index (χ4n) is 2.98. The van der Waals surface area contributed by atoms with E-state index in [4.69, 9.17) is 4.74 Å². The summed E-state index contributed by atoms with van der Waals surface area (Å²) < 4.78 is 5.45. The molecular formula is C21H36IN5O2. The molecule has 1 aliphatic rings. The minimum atomic E-state index is -0.0301. The Bertz CT molecular complexity index is 656. The molecule has 29 heavy (non-hydrogen) atoms. The Morgan fingerprint density at radius 1 is 1.17 bits per heavy atom. The van der Waals surface area contributed by atoms with Gasteiger partial charge < -0.3 is 20.7 Å². The van der Waals surface area contributed by atoms with Gasteiger partial charge in [-0.1, -0.05) is 26.0 Å². The summed E-state index contributed by atoms with van der Waals surface area (Å²) in [7, 11) is 1.78. The van der Waals surface area contributed by atoms with Crippen LogP contribution in [0.5, 0.6) is 0 Å². The third-order valence-electron chi connectivity index (χ3n) is 4.99. The molecule has 1 amide bonds. The van der Waals surface area contributed by atoms with Crippen LogP contribution in [0.3, 0.4) is 0 Å². The van der Waals surface area contributed by atoms with E-state index in [0.717, 1.165) is 50.1 Å². The summed E-state index contributed by atoms with van der Waals surface area (Å²) in [6.07, 6.45) is 0. The van der Waals surface area contributed by atoms with Crippen LogP contribution < -0.4 is 16.0 Å². The Labute approximate surface area is 192 Å². The van der Waals surface area contributed by atoms with Crippen LogP contribution in [0.4, 0.5) is 5.69 Å². The second-order valence-electron chi connectivity index (χ2n) is 8.03. The summed E-state index contributed by atoms with van der Waals surface area (Å²) in [6, 6.07) is 7.87. The molecule has 0 radical (unpaired) electrons. The number of nitrogens with zero attached hydrogens (tertiary/aromatic N) is 2. The highest BCUT2D eigenvalue weighted by atomic mass is 127. The van der Waals surface area contributed by atoms with E-state index in [2.05, 4.69) is 39.7 Å². The maximum atomic E-state index is 11.8. The van der Waals surface area contributed by atoms with Gasteiger partial charge in [0.05, 0.1) is 13.2 Å². The van der Waals surface area contributed by atoms with Gasteiger partial charge in [0, 0.05) is 50.4 Å². The molecule has 1 aliphatic heterocycles. The molecular weight excluding hydrogens is 481 g/mol. The number of morpholine rings is 1. The van der Waals surface area contributed by atoms with E-state index in [1.807, 2.05) is 38.1 Å². The lowest BCUT2D eigenvalue weighted by Crippen LogP contribution is -2.56. The summed E-state index contributed by atoms with van der Waals surface area (Å²) in [6.45, 7) is 13.2. The van der Waals surface area contributed by atoms with Crippen molar-refractivity contribution in [2.75, 3.05) is 45.2 Å². The van der Waals surface area contributed by atoms with E-state index in [-0.39, 0.29) is 41.3 Å². The largest absolute Gasteiger partial charge is 0.379 e. The lowest BCUT2D eigenvalue weighted by Gasteiger charge is -2.41. The number of rotatable bonds is 7. The van der Waals surface area contributed by atoms with Gasteiger partial charge in [-0.15, -0.1) is 24.0 Å². The number of carbonyl (C=O) groups is 1. The Kier molecular flexibility index (Phi) is 10.9. The van der Waals surface area contributed by atoms with Gasteiger partial charge in [0.15, 0.2) is 5.96 Å². The molecule has 3 N–H and O–H groups in total. The minimum Gasteiger partial charge on any atom is -0.379 e. The first-order valence-electron chi connectivity index (χ1n) is 9.99.